The summed E-state index contributed by atoms with van der Waals surface area (Å²) < 4.78 is 0.332. The van der Waals surface area contributed by atoms with E-state index in [-0.39, 0.29) is 11.3 Å². The highest BCUT2D eigenvalue weighted by Gasteiger charge is 2.41. The maximum atomic E-state index is 12.2. The molecule has 3 nitrogen and oxygen atoms in total. The Morgan fingerprint density at radius 3 is 2.43 bits per heavy atom. The summed E-state index contributed by atoms with van der Waals surface area (Å²) in [6, 6.07) is 0.772. The molecule has 2 fully saturated rings. The van der Waals surface area contributed by atoms with Crippen molar-refractivity contribution in [1.29, 1.82) is 0 Å². The van der Waals surface area contributed by atoms with E-state index < -0.39 is 0 Å². The molecule has 0 saturated heterocycles. The zero-order valence-electron chi connectivity index (χ0n) is 14.2. The van der Waals surface area contributed by atoms with Crippen LogP contribution in [0.25, 0.3) is 0 Å². The smallest absolute Gasteiger partial charge is 0.198 e. The second-order valence-electron chi connectivity index (χ2n) is 7.52. The van der Waals surface area contributed by atoms with Gasteiger partial charge >= 0.3 is 0 Å². The zero-order chi connectivity index (χ0) is 16.9. The number of hydrogen-bond donors (Lipinski definition) is 2. The van der Waals surface area contributed by atoms with Gasteiger partial charge in [0.1, 0.15) is 5.78 Å². The molecule has 2 aliphatic carbocycles. The molecule has 0 bridgehead atoms. The molecule has 5 heteroatoms. The lowest BCUT2D eigenvalue weighted by Gasteiger charge is -2.32. The number of Topliss-reactive ketones (excluding diaryl/α,β-unsaturated/α-hetero) is 1. The van der Waals surface area contributed by atoms with Crippen LogP contribution < -0.4 is 5.32 Å². The van der Waals surface area contributed by atoms with E-state index in [1.54, 1.807) is 6.92 Å². The van der Waals surface area contributed by atoms with E-state index in [1.807, 2.05) is 22.6 Å². The average Bonchev–Trinajstić information content (AvgIpc) is 2.86. The van der Waals surface area contributed by atoms with E-state index in [2.05, 4.69) is 17.9 Å². The molecular formula is C18H30INO2S. The molecule has 0 aromatic carbocycles. The van der Waals surface area contributed by atoms with Gasteiger partial charge in [-0.05, 0) is 51.9 Å². The molecule has 0 aliphatic heterocycles. The third kappa shape index (κ3) is 5.43. The average molecular weight is 451 g/mol. The quantitative estimate of drug-likeness (QED) is 0.262. The molecule has 0 aromatic rings. The molecular weight excluding hydrogens is 421 g/mol. The van der Waals surface area contributed by atoms with Gasteiger partial charge in [0, 0.05) is 51.8 Å². The summed E-state index contributed by atoms with van der Waals surface area (Å²) in [5.41, 5.74) is -0.117. The maximum absolute atomic E-state index is 12.2. The molecule has 1 N–H and O–H groups in total. The van der Waals surface area contributed by atoms with Crippen LogP contribution in [0.5, 0.6) is 0 Å². The Hall–Kier alpha value is 0.380. The van der Waals surface area contributed by atoms with Crippen LogP contribution in [0, 0.1) is 11.3 Å². The molecule has 132 valence electrons. The Morgan fingerprint density at radius 1 is 1.17 bits per heavy atom. The van der Waals surface area contributed by atoms with Gasteiger partial charge in [0.25, 0.3) is 0 Å². The first kappa shape index (κ1) is 19.7. The van der Waals surface area contributed by atoms with Gasteiger partial charge in [0.15, 0.2) is 3.79 Å². The molecule has 2 aliphatic rings. The van der Waals surface area contributed by atoms with E-state index in [0.717, 1.165) is 57.1 Å². The number of halogens is 1. The first-order valence-electron chi connectivity index (χ1n) is 9.04. The Balaban J connectivity index is 1.91. The number of nitrogens with one attached hydrogen (secondary N) is 1. The van der Waals surface area contributed by atoms with Crippen LogP contribution in [0.2, 0.25) is 0 Å². The van der Waals surface area contributed by atoms with Gasteiger partial charge < -0.3 is 5.32 Å². The van der Waals surface area contributed by atoms with Crippen molar-refractivity contribution in [2.24, 2.45) is 11.3 Å². The number of ketones is 1. The Kier molecular flexibility index (Phi) is 7.86. The van der Waals surface area contributed by atoms with Crippen LogP contribution in [0.4, 0.5) is 0 Å². The number of thiol groups is 1. The third-order valence-corrected chi connectivity index (χ3v) is 7.44. The Labute approximate surface area is 159 Å². The van der Waals surface area contributed by atoms with Crippen molar-refractivity contribution in [3.05, 3.63) is 0 Å². The van der Waals surface area contributed by atoms with Gasteiger partial charge in [-0.25, -0.2) is 0 Å². The van der Waals surface area contributed by atoms with Crippen molar-refractivity contribution in [3.63, 3.8) is 0 Å². The fourth-order valence-electron chi connectivity index (χ4n) is 4.39. The summed E-state index contributed by atoms with van der Waals surface area (Å²) in [7, 11) is 0. The monoisotopic (exact) mass is 451 g/mol. The molecule has 0 aromatic heterocycles. The fraction of sp³-hybridized carbons (Fsp3) is 0.889. The largest absolute Gasteiger partial charge is 0.310 e. The fourth-order valence-corrected chi connectivity index (χ4v) is 5.38. The highest BCUT2D eigenvalue weighted by atomic mass is 127. The molecule has 0 heterocycles. The van der Waals surface area contributed by atoms with Crippen LogP contribution >= 0.6 is 35.2 Å². The predicted molar refractivity (Wildman–Crippen MR) is 106 cm³/mol. The minimum Gasteiger partial charge on any atom is -0.310 e. The highest BCUT2D eigenvalue weighted by Crippen LogP contribution is 2.44. The summed E-state index contributed by atoms with van der Waals surface area (Å²) in [6.45, 7) is 1.73. The predicted octanol–water partition coefficient (Wildman–Crippen LogP) is 4.32. The molecule has 2 saturated carbocycles. The summed E-state index contributed by atoms with van der Waals surface area (Å²) in [4.78, 5) is 23.8. The molecule has 2 unspecified atom stereocenters. The standard InChI is InChI=1S/C18H30INO2S/c1-13(21)14-5-4-6-15(8-7-14)20-16(12-23)11-18(17(19)22)9-2-3-10-18/h14-16,20,23H,2-12H2,1H3/t14?,15?,16-/m1/s1. The second kappa shape index (κ2) is 9.18. The normalized spacial score (nSPS) is 29.0. The van der Waals surface area contributed by atoms with Crippen molar-refractivity contribution < 1.29 is 9.59 Å². The first-order chi connectivity index (χ1) is 11.0. The number of carbonyl (C=O) groups excluding carboxylic acids is 2. The maximum Gasteiger partial charge on any atom is 0.198 e. The number of carbonyl (C=O) groups is 2. The van der Waals surface area contributed by atoms with Gasteiger partial charge in [-0.2, -0.15) is 12.6 Å². The number of rotatable bonds is 7. The van der Waals surface area contributed by atoms with E-state index in [0.29, 0.717) is 21.7 Å². The third-order valence-electron chi connectivity index (χ3n) is 5.85. The topological polar surface area (TPSA) is 46.2 Å². The van der Waals surface area contributed by atoms with Crippen LogP contribution in [-0.4, -0.2) is 27.4 Å². The number of hydrogen-bond acceptors (Lipinski definition) is 4. The van der Waals surface area contributed by atoms with Crippen LogP contribution in [-0.2, 0) is 9.59 Å². The first-order valence-corrected chi connectivity index (χ1v) is 10.8. The molecule has 23 heavy (non-hydrogen) atoms. The van der Waals surface area contributed by atoms with Gasteiger partial charge in [0.05, 0.1) is 0 Å². The lowest BCUT2D eigenvalue weighted by molar-refractivity contribution is -0.121. The molecule has 0 radical (unpaired) electrons. The van der Waals surface area contributed by atoms with Gasteiger partial charge in [-0.15, -0.1) is 0 Å². The van der Waals surface area contributed by atoms with Crippen molar-refractivity contribution in [2.45, 2.75) is 83.2 Å². The van der Waals surface area contributed by atoms with Gasteiger partial charge in [0.2, 0.25) is 0 Å². The van der Waals surface area contributed by atoms with Crippen molar-refractivity contribution >= 4 is 44.8 Å². The molecule has 2 rings (SSSR count). The van der Waals surface area contributed by atoms with E-state index in [1.165, 1.54) is 12.8 Å². The Bertz CT molecular complexity index is 423. The summed E-state index contributed by atoms with van der Waals surface area (Å²) in [5.74, 6) is 1.38. The summed E-state index contributed by atoms with van der Waals surface area (Å²) in [6.07, 6.45) is 10.7. The van der Waals surface area contributed by atoms with Crippen molar-refractivity contribution in [3.8, 4) is 0 Å². The van der Waals surface area contributed by atoms with Gasteiger partial charge in [-0.3, -0.25) is 9.59 Å². The molecule has 0 amide bonds. The summed E-state index contributed by atoms with van der Waals surface area (Å²) in [5, 5.41) is 3.77. The lowest BCUT2D eigenvalue weighted by Crippen LogP contribution is -2.43. The summed E-state index contributed by atoms with van der Waals surface area (Å²) >= 11 is 6.55. The van der Waals surface area contributed by atoms with E-state index >= 15 is 0 Å². The Morgan fingerprint density at radius 2 is 1.87 bits per heavy atom. The SMILES string of the molecule is CC(=O)C1CCCC(N[C@@H](CS)CC2(C(=O)I)CCCC2)CC1. The van der Waals surface area contributed by atoms with Crippen LogP contribution in [0.1, 0.15) is 71.1 Å². The van der Waals surface area contributed by atoms with E-state index in [9.17, 15) is 9.59 Å². The van der Waals surface area contributed by atoms with Crippen molar-refractivity contribution in [1.82, 2.24) is 5.32 Å². The zero-order valence-corrected chi connectivity index (χ0v) is 17.2. The van der Waals surface area contributed by atoms with E-state index in [4.69, 9.17) is 0 Å². The minimum absolute atomic E-state index is 0.117. The lowest BCUT2D eigenvalue weighted by atomic mass is 9.81. The van der Waals surface area contributed by atoms with Crippen LogP contribution in [0.3, 0.4) is 0 Å². The second-order valence-corrected chi connectivity index (χ2v) is 8.87. The molecule has 3 atom stereocenters. The van der Waals surface area contributed by atoms with Gasteiger partial charge in [-0.1, -0.05) is 19.3 Å². The molecule has 0 spiro atoms. The minimum atomic E-state index is -0.117. The van der Waals surface area contributed by atoms with Crippen LogP contribution in [0.15, 0.2) is 0 Å². The van der Waals surface area contributed by atoms with Crippen molar-refractivity contribution in [2.75, 3.05) is 5.75 Å². The highest BCUT2D eigenvalue weighted by molar-refractivity contribution is 14.1.